The Balaban J connectivity index is 1.83. The molecule has 2 rings (SSSR count). The minimum atomic E-state index is 0.0419. The largest absolute Gasteiger partial charge is 0.350 e. The number of aliphatic imine (C=N–C) groups is 1. The monoisotopic (exact) mass is 373 g/mol. The molecule has 0 aliphatic heterocycles. The normalized spacial score (nSPS) is 11.3. The number of nitrogens with zero attached hydrogens (tertiary/aromatic N) is 3. The van der Waals surface area contributed by atoms with Gasteiger partial charge in [0.25, 0.3) is 0 Å². The van der Waals surface area contributed by atoms with Crippen molar-refractivity contribution in [2.45, 2.75) is 33.9 Å². The fraction of sp³-hybridized carbons (Fsp3) is 0.421. The first-order valence-corrected chi connectivity index (χ1v) is 9.54. The summed E-state index contributed by atoms with van der Waals surface area (Å²) in [6, 6.07) is 10.0. The number of thiazole rings is 1. The lowest BCUT2D eigenvalue weighted by Crippen LogP contribution is -2.44. The number of likely N-dealkylation sites (N-methyl/N-ethyl adjacent to an activating group) is 1. The topological polar surface area (TPSA) is 69.6 Å². The summed E-state index contributed by atoms with van der Waals surface area (Å²) in [7, 11) is 1.69. The molecule has 0 saturated carbocycles. The molecule has 2 aromatic rings. The van der Waals surface area contributed by atoms with Crippen molar-refractivity contribution < 1.29 is 4.79 Å². The lowest BCUT2D eigenvalue weighted by Gasteiger charge is -2.22. The third-order valence-electron chi connectivity index (χ3n) is 4.06. The molecular formula is C19H27N5OS. The maximum Gasteiger partial charge on any atom is 0.242 e. The van der Waals surface area contributed by atoms with Gasteiger partial charge in [-0.2, -0.15) is 0 Å². The summed E-state index contributed by atoms with van der Waals surface area (Å²) < 4.78 is 0. The van der Waals surface area contributed by atoms with Crippen molar-refractivity contribution >= 4 is 23.2 Å². The molecule has 1 amide bonds. The van der Waals surface area contributed by atoms with Crippen LogP contribution in [0.3, 0.4) is 0 Å². The zero-order chi connectivity index (χ0) is 18.9. The third-order valence-corrected chi connectivity index (χ3v) is 5.13. The van der Waals surface area contributed by atoms with Crippen molar-refractivity contribution in [1.29, 1.82) is 0 Å². The van der Waals surface area contributed by atoms with Crippen LogP contribution in [0.4, 0.5) is 0 Å². The van der Waals surface area contributed by atoms with Crippen LogP contribution in [0.2, 0.25) is 0 Å². The van der Waals surface area contributed by atoms with Gasteiger partial charge in [0.1, 0.15) is 5.01 Å². The second-order valence-corrected chi connectivity index (χ2v) is 7.21. The zero-order valence-electron chi connectivity index (χ0n) is 15.9. The minimum Gasteiger partial charge on any atom is -0.350 e. The van der Waals surface area contributed by atoms with Gasteiger partial charge in [0, 0.05) is 25.0 Å². The lowest BCUT2D eigenvalue weighted by atomic mass is 10.2. The van der Waals surface area contributed by atoms with E-state index in [1.165, 1.54) is 4.88 Å². The van der Waals surface area contributed by atoms with Crippen LogP contribution in [0.25, 0.3) is 0 Å². The number of nitrogens with one attached hydrogen (secondary N) is 2. The quantitative estimate of drug-likeness (QED) is 0.578. The van der Waals surface area contributed by atoms with Crippen LogP contribution < -0.4 is 10.6 Å². The van der Waals surface area contributed by atoms with Crippen molar-refractivity contribution in [2.75, 3.05) is 20.1 Å². The van der Waals surface area contributed by atoms with Crippen molar-refractivity contribution in [3.63, 3.8) is 0 Å². The molecule has 0 aliphatic carbocycles. The molecule has 0 atom stereocenters. The van der Waals surface area contributed by atoms with Gasteiger partial charge >= 0.3 is 0 Å². The maximum atomic E-state index is 12.5. The van der Waals surface area contributed by atoms with Gasteiger partial charge in [-0.25, -0.2) is 4.98 Å². The average molecular weight is 374 g/mol. The summed E-state index contributed by atoms with van der Waals surface area (Å²) in [5.74, 6) is 0.639. The summed E-state index contributed by atoms with van der Waals surface area (Å²) >= 11 is 1.67. The number of benzene rings is 1. The number of hydrogen-bond acceptors (Lipinski definition) is 4. The number of carbonyl (C=O) groups excluding carboxylic acids is 1. The lowest BCUT2D eigenvalue weighted by molar-refractivity contribution is -0.130. The zero-order valence-corrected chi connectivity index (χ0v) is 16.7. The molecule has 0 unspecified atom stereocenters. The molecule has 0 radical (unpaired) electrons. The standard InChI is InChI=1S/C19H27N5OS/c1-5-24(13-16-9-7-6-8-10-16)18(25)12-22-19(20-4)21-11-17-23-14(2)15(3)26-17/h6-10H,5,11-13H2,1-4H3,(H2,20,21,22). The number of guanidine groups is 1. The number of aryl methyl sites for hydroxylation is 2. The first kappa shape index (κ1) is 19.9. The van der Waals surface area contributed by atoms with E-state index in [1.54, 1.807) is 18.4 Å². The van der Waals surface area contributed by atoms with Gasteiger partial charge in [0.2, 0.25) is 5.91 Å². The van der Waals surface area contributed by atoms with E-state index in [9.17, 15) is 4.79 Å². The van der Waals surface area contributed by atoms with Crippen molar-refractivity contribution in [1.82, 2.24) is 20.5 Å². The molecule has 1 heterocycles. The predicted octanol–water partition coefficient (Wildman–Crippen LogP) is 2.47. The maximum absolute atomic E-state index is 12.5. The SMILES string of the molecule is CCN(Cc1ccccc1)C(=O)CNC(=NC)NCc1nc(C)c(C)s1. The second-order valence-electron chi connectivity index (χ2n) is 5.92. The first-order chi connectivity index (χ1) is 12.5. The van der Waals surface area contributed by atoms with Crippen LogP contribution in [0.1, 0.15) is 28.1 Å². The summed E-state index contributed by atoms with van der Waals surface area (Å²) in [5, 5.41) is 7.30. The van der Waals surface area contributed by atoms with Gasteiger partial charge in [0.05, 0.1) is 18.8 Å². The van der Waals surface area contributed by atoms with Gasteiger partial charge in [-0.3, -0.25) is 9.79 Å². The van der Waals surface area contributed by atoms with Gasteiger partial charge in [-0.15, -0.1) is 11.3 Å². The molecule has 0 spiro atoms. The Kier molecular flexibility index (Phi) is 7.59. The van der Waals surface area contributed by atoms with E-state index in [-0.39, 0.29) is 12.5 Å². The van der Waals surface area contributed by atoms with E-state index in [0.29, 0.717) is 25.6 Å². The van der Waals surface area contributed by atoms with Crippen molar-refractivity contribution in [2.24, 2.45) is 4.99 Å². The first-order valence-electron chi connectivity index (χ1n) is 8.72. The highest BCUT2D eigenvalue weighted by molar-refractivity contribution is 7.11. The van der Waals surface area contributed by atoms with Crippen molar-refractivity contribution in [3.8, 4) is 0 Å². The molecule has 2 N–H and O–H groups in total. The Morgan fingerprint density at radius 3 is 2.54 bits per heavy atom. The molecule has 26 heavy (non-hydrogen) atoms. The van der Waals surface area contributed by atoms with Crippen LogP contribution in [-0.2, 0) is 17.9 Å². The smallest absolute Gasteiger partial charge is 0.242 e. The Morgan fingerprint density at radius 2 is 1.96 bits per heavy atom. The summed E-state index contributed by atoms with van der Waals surface area (Å²) in [6.07, 6.45) is 0. The molecule has 0 bridgehead atoms. The molecule has 0 saturated heterocycles. The Bertz CT molecular complexity index is 722. The third kappa shape index (κ3) is 5.84. The number of rotatable bonds is 7. The van der Waals surface area contributed by atoms with Crippen LogP contribution in [-0.4, -0.2) is 41.9 Å². The number of amides is 1. The molecule has 1 aromatic heterocycles. The molecule has 7 heteroatoms. The Morgan fingerprint density at radius 1 is 1.23 bits per heavy atom. The predicted molar refractivity (Wildman–Crippen MR) is 107 cm³/mol. The molecule has 0 fully saturated rings. The number of aromatic nitrogens is 1. The summed E-state index contributed by atoms with van der Waals surface area (Å²) in [4.78, 5) is 24.2. The van der Waals surface area contributed by atoms with E-state index in [4.69, 9.17) is 0 Å². The highest BCUT2D eigenvalue weighted by Gasteiger charge is 2.13. The summed E-state index contributed by atoms with van der Waals surface area (Å²) in [5.41, 5.74) is 2.18. The van der Waals surface area contributed by atoms with Crippen LogP contribution in [0.15, 0.2) is 35.3 Å². The van der Waals surface area contributed by atoms with E-state index >= 15 is 0 Å². The highest BCUT2D eigenvalue weighted by Crippen LogP contribution is 2.15. The summed E-state index contributed by atoms with van der Waals surface area (Å²) in [6.45, 7) is 8.13. The minimum absolute atomic E-state index is 0.0419. The fourth-order valence-electron chi connectivity index (χ4n) is 2.45. The van der Waals surface area contributed by atoms with Gasteiger partial charge in [-0.05, 0) is 26.3 Å². The van der Waals surface area contributed by atoms with Crippen LogP contribution >= 0.6 is 11.3 Å². The Labute approximate surface area is 159 Å². The van der Waals surface area contributed by atoms with E-state index in [2.05, 4.69) is 27.5 Å². The van der Waals surface area contributed by atoms with E-state index in [1.807, 2.05) is 49.1 Å². The number of hydrogen-bond donors (Lipinski definition) is 2. The highest BCUT2D eigenvalue weighted by atomic mass is 32.1. The van der Waals surface area contributed by atoms with Gasteiger partial charge < -0.3 is 15.5 Å². The van der Waals surface area contributed by atoms with Crippen LogP contribution in [0, 0.1) is 13.8 Å². The van der Waals surface area contributed by atoms with Crippen LogP contribution in [0.5, 0.6) is 0 Å². The molecule has 140 valence electrons. The van der Waals surface area contributed by atoms with Gasteiger partial charge in [-0.1, -0.05) is 30.3 Å². The van der Waals surface area contributed by atoms with Gasteiger partial charge in [0.15, 0.2) is 5.96 Å². The van der Waals surface area contributed by atoms with Crippen molar-refractivity contribution in [3.05, 3.63) is 51.5 Å². The second kappa shape index (κ2) is 9.91. The average Bonchev–Trinajstić information content (AvgIpc) is 2.98. The fourth-order valence-corrected chi connectivity index (χ4v) is 3.32. The molecule has 6 nitrogen and oxygen atoms in total. The molecular weight excluding hydrogens is 346 g/mol. The number of carbonyl (C=O) groups is 1. The van der Waals surface area contributed by atoms with E-state index in [0.717, 1.165) is 16.3 Å². The van der Waals surface area contributed by atoms with E-state index < -0.39 is 0 Å². The Hall–Kier alpha value is -2.41. The molecule has 0 aliphatic rings. The molecule has 1 aromatic carbocycles.